The van der Waals surface area contributed by atoms with Crippen LogP contribution in [0.3, 0.4) is 0 Å². The van der Waals surface area contributed by atoms with Crippen molar-refractivity contribution in [1.82, 2.24) is 0 Å². The Hall–Kier alpha value is -6.44. The average Bonchev–Trinajstić information content (AvgIpc) is 3.47. The SMILES string of the molecule is CC(C)(C)c1cc(N(c2ccc(-c3cc4ccc5ccccc5c4c4ccccc34)cc2)c2cccc3c2-c2ccccc2C3(C)C)ccc1-c1ccccc1. The summed E-state index contributed by atoms with van der Waals surface area (Å²) in [4.78, 5) is 2.50. The van der Waals surface area contributed by atoms with E-state index in [4.69, 9.17) is 0 Å². The Balaban J connectivity index is 1.18. The highest BCUT2D eigenvalue weighted by Gasteiger charge is 2.38. The van der Waals surface area contributed by atoms with Gasteiger partial charge in [0.2, 0.25) is 0 Å². The summed E-state index contributed by atoms with van der Waals surface area (Å²) in [5.74, 6) is 0. The van der Waals surface area contributed by atoms with Gasteiger partial charge in [0.05, 0.1) is 5.69 Å². The molecule has 0 atom stereocenters. The molecule has 0 aromatic heterocycles. The van der Waals surface area contributed by atoms with Crippen molar-refractivity contribution in [2.45, 2.75) is 45.4 Å². The van der Waals surface area contributed by atoms with Crippen molar-refractivity contribution in [3.8, 4) is 33.4 Å². The number of nitrogens with zero attached hydrogens (tertiary/aromatic N) is 1. The van der Waals surface area contributed by atoms with E-state index in [1.54, 1.807) is 0 Å². The lowest BCUT2D eigenvalue weighted by Gasteiger charge is -2.31. The minimum absolute atomic E-state index is 0.0770. The zero-order chi connectivity index (χ0) is 38.2. The third-order valence-corrected chi connectivity index (χ3v) is 12.2. The maximum atomic E-state index is 2.50. The molecule has 270 valence electrons. The molecular weight excluding hydrogens is 675 g/mol. The summed E-state index contributed by atoms with van der Waals surface area (Å²) in [6.07, 6.45) is 0. The molecular formula is C55H45N. The first-order chi connectivity index (χ1) is 27.2. The first-order valence-corrected chi connectivity index (χ1v) is 19.9. The fraction of sp³-hybridized carbons (Fsp3) is 0.127. The first-order valence-electron chi connectivity index (χ1n) is 19.9. The maximum Gasteiger partial charge on any atom is 0.0543 e. The fourth-order valence-electron chi connectivity index (χ4n) is 9.42. The second-order valence-corrected chi connectivity index (χ2v) is 17.0. The predicted molar refractivity (Wildman–Crippen MR) is 241 cm³/mol. The normalized spacial score (nSPS) is 13.2. The van der Waals surface area contributed by atoms with Crippen LogP contribution in [0.25, 0.3) is 65.7 Å². The Morgan fingerprint density at radius 3 is 1.84 bits per heavy atom. The molecule has 0 spiro atoms. The zero-order valence-electron chi connectivity index (χ0n) is 32.8. The Labute approximate surface area is 330 Å². The molecule has 9 aromatic carbocycles. The molecule has 0 heterocycles. The second-order valence-electron chi connectivity index (χ2n) is 17.0. The van der Waals surface area contributed by atoms with E-state index in [-0.39, 0.29) is 10.8 Å². The van der Waals surface area contributed by atoms with Crippen LogP contribution in [0.2, 0.25) is 0 Å². The molecule has 0 radical (unpaired) electrons. The van der Waals surface area contributed by atoms with Crippen molar-refractivity contribution < 1.29 is 0 Å². The number of hydrogen-bond acceptors (Lipinski definition) is 1. The van der Waals surface area contributed by atoms with E-state index in [0.717, 1.165) is 11.4 Å². The van der Waals surface area contributed by atoms with Gasteiger partial charge in [0.25, 0.3) is 0 Å². The van der Waals surface area contributed by atoms with E-state index in [1.165, 1.54) is 88.1 Å². The Bertz CT molecular complexity index is 2960. The van der Waals surface area contributed by atoms with Gasteiger partial charge >= 0.3 is 0 Å². The van der Waals surface area contributed by atoms with Crippen LogP contribution in [0.4, 0.5) is 17.1 Å². The monoisotopic (exact) mass is 719 g/mol. The lowest BCUT2D eigenvalue weighted by Crippen LogP contribution is -2.17. The van der Waals surface area contributed by atoms with Crippen LogP contribution in [0.15, 0.2) is 182 Å². The van der Waals surface area contributed by atoms with Crippen molar-refractivity contribution in [2.24, 2.45) is 0 Å². The van der Waals surface area contributed by atoms with Crippen molar-refractivity contribution in [1.29, 1.82) is 0 Å². The number of benzene rings is 9. The van der Waals surface area contributed by atoms with Crippen LogP contribution in [0.1, 0.15) is 51.3 Å². The molecule has 9 aromatic rings. The smallest absolute Gasteiger partial charge is 0.0543 e. The molecule has 10 rings (SSSR count). The lowest BCUT2D eigenvalue weighted by atomic mass is 9.81. The summed E-state index contributed by atoms with van der Waals surface area (Å²) in [6, 6.07) is 67.6. The van der Waals surface area contributed by atoms with Gasteiger partial charge in [0, 0.05) is 22.4 Å². The van der Waals surface area contributed by atoms with E-state index < -0.39 is 0 Å². The van der Waals surface area contributed by atoms with Crippen LogP contribution in [-0.2, 0) is 10.8 Å². The third-order valence-electron chi connectivity index (χ3n) is 12.2. The molecule has 56 heavy (non-hydrogen) atoms. The van der Waals surface area contributed by atoms with Gasteiger partial charge in [-0.15, -0.1) is 0 Å². The topological polar surface area (TPSA) is 3.24 Å². The summed E-state index contributed by atoms with van der Waals surface area (Å²) in [5, 5.41) is 7.71. The molecule has 1 heteroatoms. The highest BCUT2D eigenvalue weighted by molar-refractivity contribution is 6.23. The summed E-state index contributed by atoms with van der Waals surface area (Å²) < 4.78 is 0. The quantitative estimate of drug-likeness (QED) is 0.160. The Kier molecular flexibility index (Phi) is 7.80. The van der Waals surface area contributed by atoms with Crippen molar-refractivity contribution in [3.05, 3.63) is 199 Å². The van der Waals surface area contributed by atoms with E-state index in [9.17, 15) is 0 Å². The van der Waals surface area contributed by atoms with Crippen LogP contribution in [0, 0.1) is 0 Å². The highest BCUT2D eigenvalue weighted by Crippen LogP contribution is 2.54. The van der Waals surface area contributed by atoms with Gasteiger partial charge in [-0.05, 0) is 119 Å². The molecule has 0 fully saturated rings. The molecule has 1 nitrogen and oxygen atoms in total. The molecule has 0 aliphatic heterocycles. The number of rotatable bonds is 5. The molecule has 1 aliphatic rings. The summed E-state index contributed by atoms with van der Waals surface area (Å²) in [6.45, 7) is 11.7. The zero-order valence-corrected chi connectivity index (χ0v) is 32.8. The van der Waals surface area contributed by atoms with Crippen LogP contribution >= 0.6 is 0 Å². The van der Waals surface area contributed by atoms with E-state index >= 15 is 0 Å². The third kappa shape index (κ3) is 5.37. The summed E-state index contributed by atoms with van der Waals surface area (Å²) in [5.41, 5.74) is 15.0. The molecule has 0 saturated heterocycles. The van der Waals surface area contributed by atoms with Gasteiger partial charge in [-0.1, -0.05) is 180 Å². The van der Waals surface area contributed by atoms with Crippen LogP contribution in [0.5, 0.6) is 0 Å². The fourth-order valence-corrected chi connectivity index (χ4v) is 9.42. The minimum atomic E-state index is -0.104. The van der Waals surface area contributed by atoms with E-state index in [0.29, 0.717) is 0 Å². The Morgan fingerprint density at radius 1 is 0.429 bits per heavy atom. The summed E-state index contributed by atoms with van der Waals surface area (Å²) in [7, 11) is 0. The number of fused-ring (bicyclic) bond motifs is 8. The molecule has 0 amide bonds. The molecule has 0 N–H and O–H groups in total. The maximum absolute atomic E-state index is 2.50. The Morgan fingerprint density at radius 2 is 1.05 bits per heavy atom. The number of anilines is 3. The van der Waals surface area contributed by atoms with Gasteiger partial charge in [-0.2, -0.15) is 0 Å². The highest BCUT2D eigenvalue weighted by atomic mass is 15.1. The average molecular weight is 720 g/mol. The summed E-state index contributed by atoms with van der Waals surface area (Å²) >= 11 is 0. The van der Waals surface area contributed by atoms with Crippen LogP contribution in [-0.4, -0.2) is 0 Å². The van der Waals surface area contributed by atoms with Gasteiger partial charge in [0.1, 0.15) is 0 Å². The van der Waals surface area contributed by atoms with Gasteiger partial charge in [-0.25, -0.2) is 0 Å². The number of hydrogen-bond donors (Lipinski definition) is 0. The predicted octanol–water partition coefficient (Wildman–Crippen LogP) is 15.6. The van der Waals surface area contributed by atoms with Gasteiger partial charge < -0.3 is 4.90 Å². The van der Waals surface area contributed by atoms with Crippen molar-refractivity contribution in [3.63, 3.8) is 0 Å². The van der Waals surface area contributed by atoms with Gasteiger partial charge in [0.15, 0.2) is 0 Å². The van der Waals surface area contributed by atoms with Crippen LogP contribution < -0.4 is 4.90 Å². The molecule has 0 unspecified atom stereocenters. The molecule has 0 saturated carbocycles. The molecule has 1 aliphatic carbocycles. The van der Waals surface area contributed by atoms with Gasteiger partial charge in [-0.3, -0.25) is 0 Å². The second kappa shape index (κ2) is 12.8. The van der Waals surface area contributed by atoms with E-state index in [2.05, 4.69) is 222 Å². The van der Waals surface area contributed by atoms with Crippen molar-refractivity contribution >= 4 is 49.4 Å². The molecule has 0 bridgehead atoms. The van der Waals surface area contributed by atoms with Crippen molar-refractivity contribution in [2.75, 3.05) is 4.90 Å². The first kappa shape index (κ1) is 34.1. The van der Waals surface area contributed by atoms with E-state index in [1.807, 2.05) is 0 Å². The minimum Gasteiger partial charge on any atom is -0.310 e. The lowest BCUT2D eigenvalue weighted by molar-refractivity contribution is 0.592. The standard InChI is InChI=1S/C55H45N/c1-54(2,3)50-35-41(32-33-42(50)36-16-7-6-8-17-36)56(51-25-15-24-49-53(51)46-22-13-14-23-48(46)55(49,4)5)40-30-28-38(29-31-40)47-34-39-27-26-37-18-9-10-19-43(37)52(39)45-21-12-11-20-44(45)47/h6-35H,1-5H3. The largest absolute Gasteiger partial charge is 0.310 e.